The first-order chi connectivity index (χ1) is 14.6. The highest BCUT2D eigenvalue weighted by Gasteiger charge is 2.37. The molecule has 2 fully saturated rings. The smallest absolute Gasteiger partial charge is 0.201 e. The van der Waals surface area contributed by atoms with Gasteiger partial charge in [0, 0.05) is 38.0 Å². The summed E-state index contributed by atoms with van der Waals surface area (Å²) in [7, 11) is 2.21. The number of nitrogens with zero attached hydrogens (tertiary/aromatic N) is 3. The molecule has 0 aliphatic carbocycles. The zero-order valence-corrected chi connectivity index (χ0v) is 18.3. The number of aliphatic imine (C=N–C) groups is 1. The van der Waals surface area contributed by atoms with Gasteiger partial charge in [-0.2, -0.15) is 0 Å². The molecule has 0 bridgehead atoms. The third-order valence-electron chi connectivity index (χ3n) is 7.03. The Morgan fingerprint density at radius 2 is 1.63 bits per heavy atom. The average Bonchev–Trinajstić information content (AvgIpc) is 3.23. The molecule has 1 N–H and O–H groups in total. The molecule has 3 aliphatic heterocycles. The van der Waals surface area contributed by atoms with Crippen molar-refractivity contribution < 1.29 is 0 Å². The van der Waals surface area contributed by atoms with Crippen LogP contribution in [0.5, 0.6) is 0 Å². The fourth-order valence-corrected chi connectivity index (χ4v) is 5.28. The number of hydrogen-bond acceptors (Lipinski definition) is 4. The number of likely N-dealkylation sites (N-methyl/N-ethyl adjacent to an activating group) is 1. The van der Waals surface area contributed by atoms with E-state index >= 15 is 0 Å². The van der Waals surface area contributed by atoms with Gasteiger partial charge in [-0.15, -0.1) is 0 Å². The third-order valence-corrected chi connectivity index (χ3v) is 7.03. The molecule has 2 aromatic carbocycles. The third kappa shape index (κ3) is 3.54. The molecule has 0 radical (unpaired) electrons. The zero-order chi connectivity index (χ0) is 20.7. The number of likely N-dealkylation sites (tertiary alicyclic amines) is 1. The van der Waals surface area contributed by atoms with E-state index in [1.807, 2.05) is 0 Å². The van der Waals surface area contributed by atoms with Crippen molar-refractivity contribution in [1.82, 2.24) is 15.1 Å². The molecule has 0 amide bonds. The zero-order valence-electron chi connectivity index (χ0n) is 18.3. The van der Waals surface area contributed by atoms with E-state index in [0.29, 0.717) is 6.04 Å². The largest absolute Gasteiger partial charge is 0.342 e. The minimum Gasteiger partial charge on any atom is -0.342 e. The maximum absolute atomic E-state index is 5.01. The second-order valence-corrected chi connectivity index (χ2v) is 9.15. The van der Waals surface area contributed by atoms with E-state index in [4.69, 9.17) is 4.99 Å². The van der Waals surface area contributed by atoms with Crippen LogP contribution in [0.25, 0.3) is 5.57 Å². The number of benzene rings is 2. The fourth-order valence-electron chi connectivity index (χ4n) is 5.28. The van der Waals surface area contributed by atoms with Crippen molar-refractivity contribution in [3.63, 3.8) is 0 Å². The van der Waals surface area contributed by atoms with Crippen LogP contribution in [0.4, 0.5) is 0 Å². The van der Waals surface area contributed by atoms with E-state index in [-0.39, 0.29) is 6.04 Å². The summed E-state index contributed by atoms with van der Waals surface area (Å²) in [5, 5.41) is 3.67. The molecule has 3 unspecified atom stereocenters. The van der Waals surface area contributed by atoms with E-state index in [9.17, 15) is 0 Å². The predicted octanol–water partition coefficient (Wildman–Crippen LogP) is 4.37. The number of rotatable bonds is 2. The Balaban J connectivity index is 1.52. The van der Waals surface area contributed by atoms with Gasteiger partial charge in [0.25, 0.3) is 0 Å². The van der Waals surface area contributed by atoms with Crippen molar-refractivity contribution >= 4 is 11.5 Å². The van der Waals surface area contributed by atoms with Crippen LogP contribution in [0, 0.1) is 19.8 Å². The van der Waals surface area contributed by atoms with Gasteiger partial charge >= 0.3 is 0 Å². The van der Waals surface area contributed by atoms with Crippen LogP contribution >= 0.6 is 0 Å². The molecular weight excluding hydrogens is 368 g/mol. The fraction of sp³-hybridized carbons (Fsp3) is 0.423. The van der Waals surface area contributed by atoms with E-state index in [1.165, 1.54) is 40.7 Å². The quantitative estimate of drug-likeness (QED) is 0.812. The number of fused-ring (bicyclic) bond motifs is 1. The number of hydrogen-bond donors (Lipinski definition) is 1. The molecule has 3 atom stereocenters. The molecule has 5 rings (SSSR count). The summed E-state index contributed by atoms with van der Waals surface area (Å²) in [5.41, 5.74) is 6.41. The molecule has 4 heteroatoms. The van der Waals surface area contributed by atoms with Crippen molar-refractivity contribution in [3.8, 4) is 0 Å². The highest BCUT2D eigenvalue weighted by atomic mass is 15.4. The van der Waals surface area contributed by atoms with E-state index in [1.54, 1.807) is 0 Å². The second kappa shape index (κ2) is 7.92. The highest BCUT2D eigenvalue weighted by Crippen LogP contribution is 2.38. The number of aryl methyl sites for hydroxylation is 2. The van der Waals surface area contributed by atoms with Crippen LogP contribution in [-0.4, -0.2) is 48.5 Å². The monoisotopic (exact) mass is 400 g/mol. The van der Waals surface area contributed by atoms with Crippen molar-refractivity contribution in [3.05, 3.63) is 77.0 Å². The standard InChI is InChI=1S/C26H32N4/c1-18-4-8-20(9-5-18)23-16-28-26(30-15-13-24-22(17-30)12-14-27-24)29(3)25(23)21-10-6-19(2)7-11-21/h4-11,16,22,24-25,27H,12-15,17H2,1-3H3. The molecule has 3 heterocycles. The topological polar surface area (TPSA) is 30.9 Å². The normalized spacial score (nSPS) is 26.3. The average molecular weight is 401 g/mol. The molecule has 4 nitrogen and oxygen atoms in total. The Kier molecular flexibility index (Phi) is 5.11. The van der Waals surface area contributed by atoms with Crippen LogP contribution in [0.3, 0.4) is 0 Å². The van der Waals surface area contributed by atoms with Crippen molar-refractivity contribution in [2.75, 3.05) is 26.7 Å². The predicted molar refractivity (Wildman–Crippen MR) is 124 cm³/mol. The lowest BCUT2D eigenvalue weighted by Gasteiger charge is -2.43. The summed E-state index contributed by atoms with van der Waals surface area (Å²) >= 11 is 0. The maximum Gasteiger partial charge on any atom is 0.201 e. The van der Waals surface area contributed by atoms with Crippen LogP contribution in [0.1, 0.15) is 41.1 Å². The SMILES string of the molecule is Cc1ccc(C2=CN=C(N3CCC4NCCC4C3)N(C)C2c2ccc(C)cc2)cc1. The van der Waals surface area contributed by atoms with Gasteiger partial charge < -0.3 is 15.1 Å². The Morgan fingerprint density at radius 3 is 2.37 bits per heavy atom. The van der Waals surface area contributed by atoms with Gasteiger partial charge in [0.05, 0.1) is 6.04 Å². The van der Waals surface area contributed by atoms with Gasteiger partial charge in [-0.1, -0.05) is 59.7 Å². The van der Waals surface area contributed by atoms with Gasteiger partial charge in [0.1, 0.15) is 0 Å². The van der Waals surface area contributed by atoms with Crippen LogP contribution in [-0.2, 0) is 0 Å². The van der Waals surface area contributed by atoms with Crippen LogP contribution < -0.4 is 5.32 Å². The Bertz CT molecular complexity index is 958. The summed E-state index contributed by atoms with van der Waals surface area (Å²) in [4.78, 5) is 9.91. The highest BCUT2D eigenvalue weighted by molar-refractivity contribution is 5.88. The molecule has 0 spiro atoms. The number of nitrogens with one attached hydrogen (secondary N) is 1. The molecule has 3 aliphatic rings. The number of piperidine rings is 1. The maximum atomic E-state index is 5.01. The summed E-state index contributed by atoms with van der Waals surface area (Å²) in [6.45, 7) is 7.63. The van der Waals surface area contributed by atoms with E-state index in [0.717, 1.165) is 31.5 Å². The lowest BCUT2D eigenvalue weighted by molar-refractivity contribution is 0.212. The summed E-state index contributed by atoms with van der Waals surface area (Å²) in [6, 6.07) is 18.7. The van der Waals surface area contributed by atoms with Gasteiger partial charge in [-0.25, -0.2) is 4.99 Å². The van der Waals surface area contributed by atoms with E-state index < -0.39 is 0 Å². The molecular formula is C26H32N4. The van der Waals surface area contributed by atoms with Crippen LogP contribution in [0.15, 0.2) is 59.7 Å². The first kappa shape index (κ1) is 19.4. The summed E-state index contributed by atoms with van der Waals surface area (Å²) in [6.07, 6.45) is 4.61. The van der Waals surface area contributed by atoms with Gasteiger partial charge in [0.2, 0.25) is 5.96 Å². The van der Waals surface area contributed by atoms with Crippen molar-refractivity contribution in [2.24, 2.45) is 10.9 Å². The van der Waals surface area contributed by atoms with Crippen molar-refractivity contribution in [1.29, 1.82) is 0 Å². The molecule has 2 saturated heterocycles. The van der Waals surface area contributed by atoms with Gasteiger partial charge in [-0.3, -0.25) is 0 Å². The van der Waals surface area contributed by atoms with Gasteiger partial charge in [0.15, 0.2) is 0 Å². The molecule has 0 aromatic heterocycles. The van der Waals surface area contributed by atoms with E-state index in [2.05, 4.69) is 90.7 Å². The Morgan fingerprint density at radius 1 is 0.933 bits per heavy atom. The molecule has 30 heavy (non-hydrogen) atoms. The second-order valence-electron chi connectivity index (χ2n) is 9.15. The summed E-state index contributed by atoms with van der Waals surface area (Å²) in [5.74, 6) is 1.86. The Hall–Kier alpha value is -2.59. The first-order valence-corrected chi connectivity index (χ1v) is 11.2. The minimum absolute atomic E-state index is 0.167. The first-order valence-electron chi connectivity index (χ1n) is 11.2. The van der Waals surface area contributed by atoms with Crippen LogP contribution in [0.2, 0.25) is 0 Å². The molecule has 0 saturated carbocycles. The van der Waals surface area contributed by atoms with Crippen molar-refractivity contribution in [2.45, 2.75) is 38.8 Å². The molecule has 2 aromatic rings. The summed E-state index contributed by atoms with van der Waals surface area (Å²) < 4.78 is 0. The lowest BCUT2D eigenvalue weighted by Crippen LogP contribution is -2.52. The number of guanidine groups is 1. The lowest BCUT2D eigenvalue weighted by atomic mass is 9.90. The Labute approximate surface area is 180 Å². The molecule has 156 valence electrons. The van der Waals surface area contributed by atoms with Gasteiger partial charge in [-0.05, 0) is 50.3 Å². The minimum atomic E-state index is 0.167.